The molecule has 0 bridgehead atoms. The molecule has 174 valence electrons. The van der Waals surface area contributed by atoms with Crippen molar-refractivity contribution in [3.63, 3.8) is 0 Å². The SMILES string of the molecule is CC(C)COC(=O)C(OC1CCCCC1)C(OC1CCCCC1)C(=O)OCC(C)C. The molecule has 6 nitrogen and oxygen atoms in total. The molecule has 0 spiro atoms. The van der Waals surface area contributed by atoms with Crippen LogP contribution in [0.25, 0.3) is 0 Å². The Hall–Kier alpha value is -1.14. The number of carbonyl (C=O) groups is 2. The molecule has 2 aliphatic rings. The topological polar surface area (TPSA) is 71.1 Å². The largest absolute Gasteiger partial charge is 0.463 e. The van der Waals surface area contributed by atoms with E-state index >= 15 is 0 Å². The summed E-state index contributed by atoms with van der Waals surface area (Å²) in [4.78, 5) is 26.0. The lowest BCUT2D eigenvalue weighted by atomic mass is 9.96. The molecule has 0 heterocycles. The summed E-state index contributed by atoms with van der Waals surface area (Å²) in [5.74, 6) is -0.627. The van der Waals surface area contributed by atoms with E-state index < -0.39 is 24.1 Å². The van der Waals surface area contributed by atoms with Crippen LogP contribution in [-0.4, -0.2) is 49.6 Å². The lowest BCUT2D eigenvalue weighted by Gasteiger charge is -2.33. The van der Waals surface area contributed by atoms with Crippen molar-refractivity contribution >= 4 is 11.9 Å². The van der Waals surface area contributed by atoms with Crippen molar-refractivity contribution in [2.45, 2.75) is 116 Å². The van der Waals surface area contributed by atoms with Crippen molar-refractivity contribution in [2.24, 2.45) is 11.8 Å². The Bertz CT molecular complexity index is 460. The maximum absolute atomic E-state index is 13.0. The lowest BCUT2D eigenvalue weighted by molar-refractivity contribution is -0.197. The minimum atomic E-state index is -1.08. The van der Waals surface area contributed by atoms with Crippen LogP contribution in [-0.2, 0) is 28.5 Å². The monoisotopic (exact) mass is 426 g/mol. The van der Waals surface area contributed by atoms with Gasteiger partial charge in [-0.15, -0.1) is 0 Å². The summed E-state index contributed by atoms with van der Waals surface area (Å²) in [6.07, 6.45) is 7.98. The van der Waals surface area contributed by atoms with E-state index in [1.807, 2.05) is 27.7 Å². The van der Waals surface area contributed by atoms with Crippen LogP contribution >= 0.6 is 0 Å². The molecule has 0 aromatic heterocycles. The van der Waals surface area contributed by atoms with Gasteiger partial charge in [-0.2, -0.15) is 0 Å². The smallest absolute Gasteiger partial charge is 0.338 e. The third kappa shape index (κ3) is 8.93. The molecule has 2 fully saturated rings. The van der Waals surface area contributed by atoms with E-state index in [1.54, 1.807) is 0 Å². The Kier molecular flexibility index (Phi) is 11.1. The minimum absolute atomic E-state index is 0.0503. The number of ether oxygens (including phenoxy) is 4. The summed E-state index contributed by atoms with van der Waals surface area (Å²) in [5.41, 5.74) is 0. The van der Waals surface area contributed by atoms with Crippen molar-refractivity contribution in [3.05, 3.63) is 0 Å². The van der Waals surface area contributed by atoms with Crippen LogP contribution in [0.15, 0.2) is 0 Å². The molecule has 2 rings (SSSR count). The fourth-order valence-corrected chi connectivity index (χ4v) is 3.98. The van der Waals surface area contributed by atoms with Gasteiger partial charge < -0.3 is 18.9 Å². The van der Waals surface area contributed by atoms with Crippen molar-refractivity contribution in [3.8, 4) is 0 Å². The molecule has 0 aromatic rings. The van der Waals surface area contributed by atoms with Gasteiger partial charge in [-0.05, 0) is 37.5 Å². The van der Waals surface area contributed by atoms with Crippen LogP contribution < -0.4 is 0 Å². The second-order valence-corrected chi connectivity index (χ2v) is 9.68. The van der Waals surface area contributed by atoms with Crippen LogP contribution in [0.2, 0.25) is 0 Å². The molecule has 0 aromatic carbocycles. The predicted octanol–water partition coefficient (Wildman–Crippen LogP) is 4.82. The first-order chi connectivity index (χ1) is 14.4. The zero-order valence-electron chi connectivity index (χ0n) is 19.4. The van der Waals surface area contributed by atoms with Crippen LogP contribution in [0.1, 0.15) is 91.9 Å². The molecule has 0 radical (unpaired) electrons. The van der Waals surface area contributed by atoms with Crippen LogP contribution in [0.3, 0.4) is 0 Å². The third-order valence-corrected chi connectivity index (χ3v) is 5.64. The van der Waals surface area contributed by atoms with E-state index in [0.29, 0.717) is 13.2 Å². The van der Waals surface area contributed by atoms with Gasteiger partial charge in [0.2, 0.25) is 0 Å². The molecule has 2 unspecified atom stereocenters. The van der Waals surface area contributed by atoms with Gasteiger partial charge in [-0.1, -0.05) is 66.2 Å². The highest BCUT2D eigenvalue weighted by Gasteiger charge is 2.41. The minimum Gasteiger partial charge on any atom is -0.463 e. The normalized spacial score (nSPS) is 20.9. The Morgan fingerprint density at radius 3 is 1.27 bits per heavy atom. The van der Waals surface area contributed by atoms with Gasteiger partial charge in [0, 0.05) is 0 Å². The standard InChI is InChI=1S/C24H42O6/c1-17(2)15-27-23(25)21(29-19-11-7-5-8-12-19)22(24(26)28-16-18(3)4)30-20-13-9-6-10-14-20/h17-22H,5-16H2,1-4H3. The van der Waals surface area contributed by atoms with Gasteiger partial charge in [-0.25, -0.2) is 9.59 Å². The van der Waals surface area contributed by atoms with Gasteiger partial charge in [0.25, 0.3) is 0 Å². The number of hydrogen-bond acceptors (Lipinski definition) is 6. The lowest BCUT2D eigenvalue weighted by Crippen LogP contribution is -2.49. The Labute approximate surface area is 182 Å². The summed E-state index contributed by atoms with van der Waals surface area (Å²) < 4.78 is 23.4. The number of hydrogen-bond donors (Lipinski definition) is 0. The Balaban J connectivity index is 2.17. The Morgan fingerprint density at radius 1 is 0.633 bits per heavy atom. The molecule has 30 heavy (non-hydrogen) atoms. The summed E-state index contributed by atoms with van der Waals surface area (Å²) in [7, 11) is 0. The van der Waals surface area contributed by atoms with E-state index in [4.69, 9.17) is 18.9 Å². The molecule has 0 saturated heterocycles. The van der Waals surface area contributed by atoms with E-state index in [-0.39, 0.29) is 24.0 Å². The van der Waals surface area contributed by atoms with Gasteiger partial charge in [0.15, 0.2) is 12.2 Å². The fourth-order valence-electron chi connectivity index (χ4n) is 3.98. The summed E-state index contributed by atoms with van der Waals surface area (Å²) in [5, 5.41) is 0. The molecule has 0 amide bonds. The molecule has 2 atom stereocenters. The van der Waals surface area contributed by atoms with Crippen molar-refractivity contribution in [1.82, 2.24) is 0 Å². The highest BCUT2D eigenvalue weighted by molar-refractivity contribution is 5.85. The van der Waals surface area contributed by atoms with E-state index in [0.717, 1.165) is 51.4 Å². The van der Waals surface area contributed by atoms with E-state index in [1.165, 1.54) is 12.8 Å². The average Bonchev–Trinajstić information content (AvgIpc) is 2.74. The van der Waals surface area contributed by atoms with Gasteiger partial charge in [0.1, 0.15) is 0 Å². The molecule has 2 saturated carbocycles. The van der Waals surface area contributed by atoms with E-state index in [9.17, 15) is 9.59 Å². The maximum atomic E-state index is 13.0. The maximum Gasteiger partial charge on any atom is 0.338 e. The second-order valence-electron chi connectivity index (χ2n) is 9.68. The molecule has 0 N–H and O–H groups in total. The number of esters is 2. The quantitative estimate of drug-likeness (QED) is 0.441. The summed E-state index contributed by atoms with van der Waals surface area (Å²) in [6.45, 7) is 8.52. The summed E-state index contributed by atoms with van der Waals surface area (Å²) in [6, 6.07) is 0. The first-order valence-corrected chi connectivity index (χ1v) is 12.0. The Morgan fingerprint density at radius 2 is 0.967 bits per heavy atom. The zero-order valence-corrected chi connectivity index (χ0v) is 19.4. The van der Waals surface area contributed by atoms with Crippen LogP contribution in [0.5, 0.6) is 0 Å². The van der Waals surface area contributed by atoms with Crippen molar-refractivity contribution in [2.75, 3.05) is 13.2 Å². The average molecular weight is 427 g/mol. The molecular weight excluding hydrogens is 384 g/mol. The van der Waals surface area contributed by atoms with Gasteiger partial charge >= 0.3 is 11.9 Å². The fraction of sp³-hybridized carbons (Fsp3) is 0.917. The van der Waals surface area contributed by atoms with Crippen molar-refractivity contribution in [1.29, 1.82) is 0 Å². The number of rotatable bonds is 11. The molecule has 2 aliphatic carbocycles. The highest BCUT2D eigenvalue weighted by atomic mass is 16.6. The number of carbonyl (C=O) groups excluding carboxylic acids is 2. The molecule has 0 aliphatic heterocycles. The second kappa shape index (κ2) is 13.3. The summed E-state index contributed by atoms with van der Waals surface area (Å²) >= 11 is 0. The predicted molar refractivity (Wildman–Crippen MR) is 115 cm³/mol. The van der Waals surface area contributed by atoms with Crippen molar-refractivity contribution < 1.29 is 28.5 Å². The molecular formula is C24H42O6. The van der Waals surface area contributed by atoms with Crippen LogP contribution in [0.4, 0.5) is 0 Å². The van der Waals surface area contributed by atoms with E-state index in [2.05, 4.69) is 0 Å². The molecule has 6 heteroatoms. The highest BCUT2D eigenvalue weighted by Crippen LogP contribution is 2.27. The van der Waals surface area contributed by atoms with Gasteiger partial charge in [0.05, 0.1) is 25.4 Å². The first-order valence-electron chi connectivity index (χ1n) is 12.0. The van der Waals surface area contributed by atoms with Gasteiger partial charge in [-0.3, -0.25) is 0 Å². The zero-order chi connectivity index (χ0) is 21.9. The first kappa shape index (κ1) is 25.1. The third-order valence-electron chi connectivity index (χ3n) is 5.64. The van der Waals surface area contributed by atoms with Crippen LogP contribution in [0, 0.1) is 11.8 Å².